The molecule has 0 radical (unpaired) electrons. The fourth-order valence-corrected chi connectivity index (χ4v) is 4.21. The van der Waals surface area contributed by atoms with E-state index in [0.29, 0.717) is 18.8 Å². The Labute approximate surface area is 170 Å². The van der Waals surface area contributed by atoms with Gasteiger partial charge in [0.25, 0.3) is 5.91 Å². The van der Waals surface area contributed by atoms with Gasteiger partial charge in [-0.25, -0.2) is 4.98 Å². The lowest BCUT2D eigenvalue weighted by Crippen LogP contribution is -2.52. The highest BCUT2D eigenvalue weighted by molar-refractivity contribution is 7.13. The number of carbonyl (C=O) groups is 1. The minimum Gasteiger partial charge on any atom is -0.494 e. The highest BCUT2D eigenvalue weighted by atomic mass is 32.1. The molecule has 3 atom stereocenters. The monoisotopic (exact) mass is 403 g/mol. The van der Waals surface area contributed by atoms with E-state index in [1.165, 1.54) is 11.3 Å². The van der Waals surface area contributed by atoms with Crippen molar-refractivity contribution in [3.63, 3.8) is 0 Å². The average molecular weight is 404 g/mol. The Morgan fingerprint density at radius 3 is 2.64 bits per heavy atom. The summed E-state index contributed by atoms with van der Waals surface area (Å²) in [6, 6.07) is 8.03. The molecule has 2 aromatic rings. The van der Waals surface area contributed by atoms with Crippen LogP contribution in [0, 0.1) is 0 Å². The van der Waals surface area contributed by atoms with Crippen LogP contribution < -0.4 is 10.1 Å². The third-order valence-corrected chi connectivity index (χ3v) is 5.67. The van der Waals surface area contributed by atoms with Gasteiger partial charge < -0.3 is 14.8 Å². The van der Waals surface area contributed by atoms with Gasteiger partial charge in [0.2, 0.25) is 0 Å². The van der Waals surface area contributed by atoms with Crippen LogP contribution in [0.2, 0.25) is 0 Å². The number of benzene rings is 1. The molecule has 2 heterocycles. The number of ether oxygens (including phenoxy) is 2. The Kier molecular flexibility index (Phi) is 7.04. The SMILES string of the molecule is CCOc1ccc(-c2nc(C(=O)NCC(C)N3CC(C)OC(C)C3)cs2)cc1. The van der Waals surface area contributed by atoms with Crippen molar-refractivity contribution >= 4 is 17.2 Å². The van der Waals surface area contributed by atoms with E-state index in [4.69, 9.17) is 9.47 Å². The predicted molar refractivity (Wildman–Crippen MR) is 112 cm³/mol. The van der Waals surface area contributed by atoms with Gasteiger partial charge in [-0.05, 0) is 52.0 Å². The van der Waals surface area contributed by atoms with Gasteiger partial charge in [0.1, 0.15) is 16.5 Å². The maximum Gasteiger partial charge on any atom is 0.270 e. The standard InChI is InChI=1S/C21H29N3O3S/c1-5-26-18-8-6-17(7-9-18)21-23-19(13-28-21)20(25)22-10-14(2)24-11-15(3)27-16(4)12-24/h6-9,13-16H,5,10-12H2,1-4H3,(H,22,25). The molecule has 1 aromatic heterocycles. The number of morpholine rings is 1. The van der Waals surface area contributed by atoms with E-state index in [-0.39, 0.29) is 24.2 Å². The molecule has 1 saturated heterocycles. The molecule has 7 heteroatoms. The normalized spacial score (nSPS) is 21.3. The van der Waals surface area contributed by atoms with Gasteiger partial charge in [0.15, 0.2) is 0 Å². The Balaban J connectivity index is 1.55. The van der Waals surface area contributed by atoms with Gasteiger partial charge in [-0.1, -0.05) is 0 Å². The first-order valence-electron chi connectivity index (χ1n) is 9.82. The van der Waals surface area contributed by atoms with Crippen LogP contribution in [0.3, 0.4) is 0 Å². The summed E-state index contributed by atoms with van der Waals surface area (Å²) < 4.78 is 11.2. The summed E-state index contributed by atoms with van der Waals surface area (Å²) in [5.74, 6) is 0.705. The topological polar surface area (TPSA) is 63.7 Å². The number of hydrogen-bond donors (Lipinski definition) is 1. The van der Waals surface area contributed by atoms with Crippen LogP contribution in [-0.2, 0) is 4.74 Å². The molecule has 1 aliphatic rings. The van der Waals surface area contributed by atoms with E-state index >= 15 is 0 Å². The second-order valence-electron chi connectivity index (χ2n) is 7.27. The Morgan fingerprint density at radius 1 is 1.32 bits per heavy atom. The fourth-order valence-electron chi connectivity index (χ4n) is 3.41. The maximum absolute atomic E-state index is 12.5. The van der Waals surface area contributed by atoms with Crippen LogP contribution in [-0.4, -0.2) is 60.3 Å². The summed E-state index contributed by atoms with van der Waals surface area (Å²) in [4.78, 5) is 19.4. The minimum atomic E-state index is -0.130. The number of thiazole rings is 1. The molecule has 1 amide bonds. The van der Waals surface area contributed by atoms with Crippen LogP contribution in [0.25, 0.3) is 10.6 Å². The molecule has 1 N–H and O–H groups in total. The maximum atomic E-state index is 12.5. The summed E-state index contributed by atoms with van der Waals surface area (Å²) in [5.41, 5.74) is 1.45. The molecule has 1 aliphatic heterocycles. The van der Waals surface area contributed by atoms with Gasteiger partial charge >= 0.3 is 0 Å². The van der Waals surface area contributed by atoms with Crippen LogP contribution in [0.4, 0.5) is 0 Å². The summed E-state index contributed by atoms with van der Waals surface area (Å²) >= 11 is 1.47. The minimum absolute atomic E-state index is 0.130. The zero-order valence-corrected chi connectivity index (χ0v) is 17.8. The molecule has 3 rings (SSSR count). The third-order valence-electron chi connectivity index (χ3n) is 4.78. The zero-order valence-electron chi connectivity index (χ0n) is 17.0. The number of rotatable bonds is 7. The fraction of sp³-hybridized carbons (Fsp3) is 0.524. The van der Waals surface area contributed by atoms with Crippen LogP contribution in [0.1, 0.15) is 38.2 Å². The lowest BCUT2D eigenvalue weighted by atomic mass is 10.1. The lowest BCUT2D eigenvalue weighted by Gasteiger charge is -2.38. The highest BCUT2D eigenvalue weighted by Gasteiger charge is 2.26. The summed E-state index contributed by atoms with van der Waals surface area (Å²) in [6.45, 7) is 11.3. The van der Waals surface area contributed by atoms with E-state index in [1.807, 2.05) is 36.6 Å². The molecule has 1 fully saturated rings. The summed E-state index contributed by atoms with van der Waals surface area (Å²) in [5, 5.41) is 5.66. The number of carbonyl (C=O) groups excluding carboxylic acids is 1. The van der Waals surface area contributed by atoms with E-state index in [2.05, 4.69) is 36.0 Å². The summed E-state index contributed by atoms with van der Waals surface area (Å²) in [6.07, 6.45) is 0.439. The molecular formula is C21H29N3O3S. The number of aromatic nitrogens is 1. The number of amides is 1. The van der Waals surface area contributed by atoms with E-state index in [9.17, 15) is 4.79 Å². The Morgan fingerprint density at radius 2 is 2.00 bits per heavy atom. The average Bonchev–Trinajstić information content (AvgIpc) is 3.16. The first-order chi connectivity index (χ1) is 13.5. The first kappa shape index (κ1) is 20.8. The molecule has 6 nitrogen and oxygen atoms in total. The molecule has 0 aliphatic carbocycles. The Hall–Kier alpha value is -1.96. The van der Waals surface area contributed by atoms with Crippen LogP contribution in [0.15, 0.2) is 29.6 Å². The van der Waals surface area contributed by atoms with Crippen LogP contribution in [0.5, 0.6) is 5.75 Å². The van der Waals surface area contributed by atoms with Crippen molar-refractivity contribution in [3.8, 4) is 16.3 Å². The molecule has 0 spiro atoms. The van der Waals surface area contributed by atoms with Crippen molar-refractivity contribution in [2.75, 3.05) is 26.2 Å². The molecular weight excluding hydrogens is 374 g/mol. The largest absolute Gasteiger partial charge is 0.494 e. The van der Waals surface area contributed by atoms with Gasteiger partial charge in [0.05, 0.1) is 18.8 Å². The second kappa shape index (κ2) is 9.49. The first-order valence-corrected chi connectivity index (χ1v) is 10.7. The van der Waals surface area contributed by atoms with Gasteiger partial charge in [-0.3, -0.25) is 9.69 Å². The van der Waals surface area contributed by atoms with E-state index in [0.717, 1.165) is 29.4 Å². The van der Waals surface area contributed by atoms with Crippen molar-refractivity contribution in [1.82, 2.24) is 15.2 Å². The van der Waals surface area contributed by atoms with Crippen molar-refractivity contribution in [1.29, 1.82) is 0 Å². The quantitative estimate of drug-likeness (QED) is 0.767. The molecule has 1 aromatic carbocycles. The molecule has 28 heavy (non-hydrogen) atoms. The molecule has 0 bridgehead atoms. The lowest BCUT2D eigenvalue weighted by molar-refractivity contribution is -0.0778. The number of nitrogens with zero attached hydrogens (tertiary/aromatic N) is 2. The van der Waals surface area contributed by atoms with Crippen molar-refractivity contribution in [2.24, 2.45) is 0 Å². The van der Waals surface area contributed by atoms with Gasteiger partial charge in [-0.15, -0.1) is 11.3 Å². The van der Waals surface area contributed by atoms with Gasteiger partial charge in [-0.2, -0.15) is 0 Å². The predicted octanol–water partition coefficient (Wildman–Crippen LogP) is 3.44. The number of nitrogens with one attached hydrogen (secondary N) is 1. The number of hydrogen-bond acceptors (Lipinski definition) is 6. The smallest absolute Gasteiger partial charge is 0.270 e. The third kappa shape index (κ3) is 5.31. The van der Waals surface area contributed by atoms with Crippen molar-refractivity contribution < 1.29 is 14.3 Å². The zero-order chi connectivity index (χ0) is 20.1. The van der Waals surface area contributed by atoms with E-state index < -0.39 is 0 Å². The second-order valence-corrected chi connectivity index (χ2v) is 8.12. The van der Waals surface area contributed by atoms with Gasteiger partial charge in [0, 0.05) is 36.6 Å². The van der Waals surface area contributed by atoms with E-state index in [1.54, 1.807) is 0 Å². The molecule has 152 valence electrons. The Bertz CT molecular complexity index is 767. The molecule has 3 unspecified atom stereocenters. The molecule has 0 saturated carbocycles. The van der Waals surface area contributed by atoms with Crippen LogP contribution >= 0.6 is 11.3 Å². The summed E-state index contributed by atoms with van der Waals surface area (Å²) in [7, 11) is 0. The van der Waals surface area contributed by atoms with Crippen molar-refractivity contribution in [2.45, 2.75) is 45.9 Å². The highest BCUT2D eigenvalue weighted by Crippen LogP contribution is 2.25. The van der Waals surface area contributed by atoms with Crippen molar-refractivity contribution in [3.05, 3.63) is 35.3 Å².